The van der Waals surface area contributed by atoms with E-state index in [-0.39, 0.29) is 34.7 Å². The fourth-order valence-corrected chi connectivity index (χ4v) is 4.62. The highest BCUT2D eigenvalue weighted by Gasteiger charge is 2.35. The van der Waals surface area contributed by atoms with Crippen molar-refractivity contribution in [2.24, 2.45) is 0 Å². The summed E-state index contributed by atoms with van der Waals surface area (Å²) in [6.45, 7) is 0.808. The van der Waals surface area contributed by atoms with E-state index in [4.69, 9.17) is 0 Å². The molecule has 2 aromatic heterocycles. The van der Waals surface area contributed by atoms with Crippen LogP contribution in [0.5, 0.6) is 0 Å². The van der Waals surface area contributed by atoms with Gasteiger partial charge in [-0.1, -0.05) is 12.1 Å². The Morgan fingerprint density at radius 3 is 2.49 bits per heavy atom. The predicted molar refractivity (Wildman–Crippen MR) is 133 cm³/mol. The van der Waals surface area contributed by atoms with Crippen molar-refractivity contribution in [2.75, 3.05) is 27.2 Å². The number of amides is 2. The molecule has 0 spiro atoms. The first-order chi connectivity index (χ1) is 17.6. The number of carbonyl (C=O) groups excluding carboxylic acids is 1. The molecule has 3 heterocycles. The molecule has 1 fully saturated rings. The van der Waals surface area contributed by atoms with Gasteiger partial charge in [-0.25, -0.2) is 23.2 Å². The highest BCUT2D eigenvalue weighted by Crippen LogP contribution is 2.27. The molecular weight excluding hydrogens is 482 g/mol. The van der Waals surface area contributed by atoms with Crippen LogP contribution in [-0.4, -0.2) is 73.1 Å². The minimum atomic E-state index is -1.15. The smallest absolute Gasteiger partial charge is 0.319 e. The lowest BCUT2D eigenvalue weighted by Crippen LogP contribution is -2.51. The molecule has 5 rings (SSSR count). The lowest BCUT2D eigenvalue weighted by Gasteiger charge is -2.39. The summed E-state index contributed by atoms with van der Waals surface area (Å²) < 4.78 is 30.7. The van der Waals surface area contributed by atoms with Gasteiger partial charge in [0.25, 0.3) is 5.56 Å². The van der Waals surface area contributed by atoms with Crippen LogP contribution in [-0.2, 0) is 6.54 Å². The number of piperidine rings is 1. The van der Waals surface area contributed by atoms with E-state index in [9.17, 15) is 23.5 Å². The van der Waals surface area contributed by atoms with Crippen LogP contribution in [0.2, 0.25) is 0 Å². The number of aliphatic hydroxyl groups is 1. The van der Waals surface area contributed by atoms with Gasteiger partial charge in [0, 0.05) is 32.7 Å². The molecule has 9 nitrogen and oxygen atoms in total. The van der Waals surface area contributed by atoms with Crippen LogP contribution in [0.1, 0.15) is 12.8 Å². The Balaban J connectivity index is 1.41. The average Bonchev–Trinajstić information content (AvgIpc) is 3.31. The van der Waals surface area contributed by atoms with Crippen molar-refractivity contribution in [3.63, 3.8) is 0 Å². The van der Waals surface area contributed by atoms with Gasteiger partial charge in [0.15, 0.2) is 5.65 Å². The quantitative estimate of drug-likeness (QED) is 0.457. The Hall–Kier alpha value is -4.12. The van der Waals surface area contributed by atoms with Crippen LogP contribution in [0.3, 0.4) is 0 Å². The van der Waals surface area contributed by atoms with E-state index in [0.29, 0.717) is 37.2 Å². The zero-order valence-corrected chi connectivity index (χ0v) is 20.4. The standard InChI is InChI=1S/C26H26F2N6O3/c1-31(2)25(36)32-11-9-26(37,10-12-32)15-33-16-29-23-21(24(33)35)14-30-34(23)19-7-8-22(28)20(13-19)17-3-5-18(27)6-4-17/h3-8,13-14,16,37H,9-12,15H2,1-2H3. The summed E-state index contributed by atoms with van der Waals surface area (Å²) in [4.78, 5) is 33.0. The van der Waals surface area contributed by atoms with Crippen LogP contribution in [0.4, 0.5) is 13.6 Å². The fraction of sp³-hybridized carbons (Fsp3) is 0.308. The molecule has 1 saturated heterocycles. The van der Waals surface area contributed by atoms with Crippen LogP contribution in [0.15, 0.2) is 59.8 Å². The summed E-state index contributed by atoms with van der Waals surface area (Å²) in [5.74, 6) is -0.898. The summed E-state index contributed by atoms with van der Waals surface area (Å²) >= 11 is 0. The predicted octanol–water partition coefficient (Wildman–Crippen LogP) is 3.04. The summed E-state index contributed by atoms with van der Waals surface area (Å²) in [7, 11) is 3.36. The topological polar surface area (TPSA) is 96.5 Å². The van der Waals surface area contributed by atoms with Crippen molar-refractivity contribution in [2.45, 2.75) is 25.0 Å². The molecule has 0 saturated carbocycles. The summed E-state index contributed by atoms with van der Waals surface area (Å²) in [5, 5.41) is 15.7. The largest absolute Gasteiger partial charge is 0.388 e. The van der Waals surface area contributed by atoms with E-state index in [1.54, 1.807) is 25.1 Å². The number of nitrogens with zero attached hydrogens (tertiary/aromatic N) is 6. The Kier molecular flexibility index (Phi) is 6.24. The number of urea groups is 1. The molecule has 0 radical (unpaired) electrons. The third-order valence-electron chi connectivity index (χ3n) is 6.72. The van der Waals surface area contributed by atoms with E-state index >= 15 is 0 Å². The minimum Gasteiger partial charge on any atom is -0.388 e. The summed E-state index contributed by atoms with van der Waals surface area (Å²) in [5.41, 5.74) is 0.0136. The first-order valence-corrected chi connectivity index (χ1v) is 11.8. The first-order valence-electron chi connectivity index (χ1n) is 11.8. The van der Waals surface area contributed by atoms with Gasteiger partial charge in [-0.15, -0.1) is 0 Å². The number of halogens is 2. The van der Waals surface area contributed by atoms with Crippen molar-refractivity contribution in [1.82, 2.24) is 29.1 Å². The Morgan fingerprint density at radius 1 is 1.11 bits per heavy atom. The molecule has 2 amide bonds. The number of aromatic nitrogens is 4. The zero-order valence-electron chi connectivity index (χ0n) is 20.4. The molecule has 11 heteroatoms. The van der Waals surface area contributed by atoms with Gasteiger partial charge in [0.1, 0.15) is 23.3 Å². The number of benzene rings is 2. The highest BCUT2D eigenvalue weighted by atomic mass is 19.1. The van der Waals surface area contributed by atoms with Crippen LogP contribution >= 0.6 is 0 Å². The number of hydrogen-bond acceptors (Lipinski definition) is 5. The average molecular weight is 509 g/mol. The van der Waals surface area contributed by atoms with Crippen LogP contribution < -0.4 is 5.56 Å². The normalized spacial score (nSPS) is 15.2. The Bertz CT molecular complexity index is 1520. The number of carbonyl (C=O) groups is 1. The molecular formula is C26H26F2N6O3. The molecule has 4 aromatic rings. The highest BCUT2D eigenvalue weighted by molar-refractivity contribution is 5.76. The molecule has 0 bridgehead atoms. The van der Waals surface area contributed by atoms with Gasteiger partial charge in [-0.2, -0.15) is 5.10 Å². The second-order valence-corrected chi connectivity index (χ2v) is 9.53. The fourth-order valence-electron chi connectivity index (χ4n) is 4.62. The Morgan fingerprint density at radius 2 is 1.81 bits per heavy atom. The van der Waals surface area contributed by atoms with E-state index in [0.717, 1.165) is 0 Å². The molecule has 0 atom stereocenters. The lowest BCUT2D eigenvalue weighted by molar-refractivity contribution is -0.0282. The SMILES string of the molecule is CN(C)C(=O)N1CCC(O)(Cn2cnc3c(cnn3-c3ccc(F)c(-c4ccc(F)cc4)c3)c2=O)CC1. The first kappa shape index (κ1) is 24.6. The number of likely N-dealkylation sites (tertiary alicyclic amines) is 1. The molecule has 2 aromatic carbocycles. The van der Waals surface area contributed by atoms with Crippen molar-refractivity contribution in [3.05, 3.63) is 77.0 Å². The lowest BCUT2D eigenvalue weighted by atomic mass is 9.91. The maximum Gasteiger partial charge on any atom is 0.319 e. The second kappa shape index (κ2) is 9.40. The summed E-state index contributed by atoms with van der Waals surface area (Å²) in [6, 6.07) is 9.74. The third kappa shape index (κ3) is 4.69. The van der Waals surface area contributed by atoms with E-state index in [2.05, 4.69) is 10.1 Å². The van der Waals surface area contributed by atoms with Gasteiger partial charge in [0.2, 0.25) is 0 Å². The van der Waals surface area contributed by atoms with Crippen LogP contribution in [0, 0.1) is 11.6 Å². The second-order valence-electron chi connectivity index (χ2n) is 9.53. The van der Waals surface area contributed by atoms with Crippen LogP contribution in [0.25, 0.3) is 27.8 Å². The van der Waals surface area contributed by atoms with Crippen molar-refractivity contribution < 1.29 is 18.7 Å². The van der Waals surface area contributed by atoms with E-state index in [1.807, 2.05) is 0 Å². The number of fused-ring (bicyclic) bond motifs is 1. The van der Waals surface area contributed by atoms with Crippen molar-refractivity contribution in [1.29, 1.82) is 0 Å². The van der Waals surface area contributed by atoms with E-state index in [1.165, 1.54) is 63.1 Å². The van der Waals surface area contributed by atoms with Gasteiger partial charge in [-0.05, 0) is 48.7 Å². The minimum absolute atomic E-state index is 0.0369. The third-order valence-corrected chi connectivity index (χ3v) is 6.72. The molecule has 1 aliphatic rings. The monoisotopic (exact) mass is 508 g/mol. The van der Waals surface area contributed by atoms with Gasteiger partial charge in [-0.3, -0.25) is 9.36 Å². The van der Waals surface area contributed by atoms with Gasteiger partial charge >= 0.3 is 6.03 Å². The molecule has 37 heavy (non-hydrogen) atoms. The molecule has 1 N–H and O–H groups in total. The maximum atomic E-state index is 14.6. The van der Waals surface area contributed by atoms with Gasteiger partial charge < -0.3 is 14.9 Å². The molecule has 0 aliphatic carbocycles. The molecule has 0 unspecified atom stereocenters. The zero-order chi connectivity index (χ0) is 26.3. The summed E-state index contributed by atoms with van der Waals surface area (Å²) in [6.07, 6.45) is 3.42. The number of hydrogen-bond donors (Lipinski definition) is 1. The maximum absolute atomic E-state index is 14.6. The van der Waals surface area contributed by atoms with Crippen molar-refractivity contribution >= 4 is 17.1 Å². The molecule has 192 valence electrons. The Labute approximate surface area is 211 Å². The van der Waals surface area contributed by atoms with Crippen molar-refractivity contribution in [3.8, 4) is 16.8 Å². The number of rotatable bonds is 4. The van der Waals surface area contributed by atoms with Gasteiger partial charge in [0.05, 0.1) is 24.0 Å². The molecule has 1 aliphatic heterocycles. The van der Waals surface area contributed by atoms with E-state index < -0.39 is 17.2 Å².